The summed E-state index contributed by atoms with van der Waals surface area (Å²) in [5, 5.41) is 39.8. The third-order valence-electron chi connectivity index (χ3n) is 3.82. The number of nitro benzene ring substituents is 1. The molecule has 1 aliphatic heterocycles. The minimum absolute atomic E-state index is 0.0975. The summed E-state index contributed by atoms with van der Waals surface area (Å²) in [4.78, 5) is 23.6. The molecule has 11 nitrogen and oxygen atoms in total. The van der Waals surface area contributed by atoms with Gasteiger partial charge in [-0.15, -0.1) is 10.2 Å². The number of hydrogen-bond donors (Lipinski definition) is 2. The molecule has 0 spiro atoms. The molecule has 1 unspecified atom stereocenters. The van der Waals surface area contributed by atoms with Gasteiger partial charge in [0.05, 0.1) is 30.3 Å². The predicted molar refractivity (Wildman–Crippen MR) is 96.9 cm³/mol. The molecule has 0 aromatic heterocycles. The number of carbonyl (C=O) groups is 1. The topological polar surface area (TPSA) is 147 Å². The summed E-state index contributed by atoms with van der Waals surface area (Å²) in [6.45, 7) is 3.44. The van der Waals surface area contributed by atoms with Gasteiger partial charge in [-0.2, -0.15) is 0 Å². The summed E-state index contributed by atoms with van der Waals surface area (Å²) in [6, 6.07) is 3.91. The number of hydrogen-bond acceptors (Lipinski definition) is 10. The van der Waals surface area contributed by atoms with Crippen molar-refractivity contribution in [2.24, 2.45) is 10.2 Å². The van der Waals surface area contributed by atoms with E-state index in [1.165, 1.54) is 19.2 Å². The second-order valence-electron chi connectivity index (χ2n) is 5.57. The van der Waals surface area contributed by atoms with Crippen molar-refractivity contribution in [2.75, 3.05) is 20.3 Å². The first-order chi connectivity index (χ1) is 13.3. The van der Waals surface area contributed by atoms with Crippen molar-refractivity contribution in [3.8, 4) is 5.75 Å². The van der Waals surface area contributed by atoms with E-state index in [0.29, 0.717) is 0 Å². The van der Waals surface area contributed by atoms with Crippen LogP contribution < -0.4 is 4.74 Å². The van der Waals surface area contributed by atoms with E-state index in [1.54, 1.807) is 13.8 Å². The lowest BCUT2D eigenvalue weighted by atomic mass is 10.1. The van der Waals surface area contributed by atoms with Crippen LogP contribution in [0.3, 0.4) is 0 Å². The molecule has 1 atom stereocenters. The van der Waals surface area contributed by atoms with Crippen LogP contribution in [0.15, 0.2) is 52.0 Å². The quantitative estimate of drug-likeness (QED) is 0.311. The number of azo groups is 1. The molecule has 28 heavy (non-hydrogen) atoms. The maximum absolute atomic E-state index is 12.0. The average molecular weight is 392 g/mol. The molecular formula is C17H20N4O7. The molecule has 0 saturated heterocycles. The Morgan fingerprint density at radius 1 is 1.39 bits per heavy atom. The molecule has 11 heteroatoms. The van der Waals surface area contributed by atoms with Gasteiger partial charge in [-0.1, -0.05) is 0 Å². The lowest BCUT2D eigenvalue weighted by molar-refractivity contribution is -0.384. The molecule has 1 heterocycles. The second-order valence-corrected chi connectivity index (χ2v) is 5.57. The first kappa shape index (κ1) is 20.8. The Bertz CT molecular complexity index is 865. The Morgan fingerprint density at radius 2 is 2.11 bits per heavy atom. The summed E-state index contributed by atoms with van der Waals surface area (Å²) in [5.74, 6) is -3.20. The third kappa shape index (κ3) is 4.26. The lowest BCUT2D eigenvalue weighted by Gasteiger charge is -2.35. The highest BCUT2D eigenvalue weighted by Crippen LogP contribution is 2.34. The van der Waals surface area contributed by atoms with Crippen LogP contribution in [0.25, 0.3) is 0 Å². The van der Waals surface area contributed by atoms with Crippen LogP contribution in [0.2, 0.25) is 0 Å². The van der Waals surface area contributed by atoms with Gasteiger partial charge >= 0.3 is 5.97 Å². The van der Waals surface area contributed by atoms with Gasteiger partial charge in [-0.3, -0.25) is 15.0 Å². The number of aliphatic hydroxyl groups excluding tert-OH is 1. The molecule has 1 aromatic rings. The van der Waals surface area contributed by atoms with E-state index in [0.717, 1.165) is 23.1 Å². The Morgan fingerprint density at radius 3 is 2.68 bits per heavy atom. The fraction of sp³-hybridized carbons (Fsp3) is 0.353. The summed E-state index contributed by atoms with van der Waals surface area (Å²) in [6.07, 6.45) is 2.17. The van der Waals surface area contributed by atoms with Gasteiger partial charge in [0, 0.05) is 18.7 Å². The van der Waals surface area contributed by atoms with Crippen LogP contribution in [-0.2, 0) is 9.53 Å². The number of rotatable bonds is 7. The first-order valence-electron chi connectivity index (χ1n) is 8.31. The number of likely N-dealkylation sites (N-methyl/N-ethyl adjacent to an activating group) is 1. The molecule has 1 aliphatic rings. The Kier molecular flexibility index (Phi) is 6.31. The number of methoxy groups -OCH3 is 1. The van der Waals surface area contributed by atoms with Gasteiger partial charge in [-0.25, -0.2) is 4.79 Å². The molecule has 0 aliphatic carbocycles. The van der Waals surface area contributed by atoms with Gasteiger partial charge in [0.25, 0.3) is 11.5 Å². The van der Waals surface area contributed by atoms with Crippen LogP contribution >= 0.6 is 0 Å². The molecule has 0 fully saturated rings. The highest BCUT2D eigenvalue weighted by molar-refractivity contribution is 5.92. The predicted octanol–water partition coefficient (Wildman–Crippen LogP) is 2.56. The van der Waals surface area contributed by atoms with Crippen LogP contribution in [0.5, 0.6) is 5.75 Å². The summed E-state index contributed by atoms with van der Waals surface area (Å²) >= 11 is 0. The summed E-state index contributed by atoms with van der Waals surface area (Å²) < 4.78 is 9.81. The minimum atomic E-state index is -2.25. The van der Waals surface area contributed by atoms with E-state index in [4.69, 9.17) is 9.47 Å². The zero-order valence-electron chi connectivity index (χ0n) is 15.5. The van der Waals surface area contributed by atoms with Crippen molar-refractivity contribution < 1.29 is 29.4 Å². The number of aliphatic hydroxyl groups is 2. The fourth-order valence-corrected chi connectivity index (χ4v) is 2.51. The summed E-state index contributed by atoms with van der Waals surface area (Å²) in [5.41, 5.74) is -0.662. The summed E-state index contributed by atoms with van der Waals surface area (Å²) in [7, 11) is 1.36. The molecule has 0 amide bonds. The molecule has 0 radical (unpaired) electrons. The van der Waals surface area contributed by atoms with Gasteiger partial charge in [0.2, 0.25) is 0 Å². The van der Waals surface area contributed by atoms with E-state index in [9.17, 15) is 25.1 Å². The van der Waals surface area contributed by atoms with Crippen LogP contribution in [0.1, 0.15) is 13.8 Å². The molecule has 150 valence electrons. The zero-order valence-corrected chi connectivity index (χ0v) is 15.5. The fourth-order valence-electron chi connectivity index (χ4n) is 2.51. The van der Waals surface area contributed by atoms with E-state index < -0.39 is 22.6 Å². The Hall–Kier alpha value is -3.47. The molecule has 0 bridgehead atoms. The maximum Gasteiger partial charge on any atom is 0.338 e. The van der Waals surface area contributed by atoms with E-state index in [-0.39, 0.29) is 35.8 Å². The van der Waals surface area contributed by atoms with Gasteiger partial charge in [0.1, 0.15) is 5.75 Å². The molecule has 2 rings (SSSR count). The van der Waals surface area contributed by atoms with Crippen molar-refractivity contribution in [3.63, 3.8) is 0 Å². The normalized spacial score (nSPS) is 19.2. The number of nitrogens with zero attached hydrogens (tertiary/aromatic N) is 4. The minimum Gasteiger partial charge on any atom is -0.496 e. The van der Waals surface area contributed by atoms with Crippen LogP contribution in [0.4, 0.5) is 11.4 Å². The van der Waals surface area contributed by atoms with Crippen LogP contribution in [-0.4, -0.2) is 52.1 Å². The number of nitro groups is 1. The van der Waals surface area contributed by atoms with Gasteiger partial charge in [0.15, 0.2) is 11.6 Å². The lowest BCUT2D eigenvalue weighted by Crippen LogP contribution is -2.47. The molecule has 0 saturated carbocycles. The Labute approximate surface area is 160 Å². The zero-order chi connectivity index (χ0) is 20.9. The van der Waals surface area contributed by atoms with Crippen molar-refractivity contribution >= 4 is 17.3 Å². The van der Waals surface area contributed by atoms with Crippen molar-refractivity contribution in [1.29, 1.82) is 0 Å². The van der Waals surface area contributed by atoms with E-state index in [2.05, 4.69) is 10.2 Å². The van der Waals surface area contributed by atoms with Gasteiger partial charge < -0.3 is 19.7 Å². The van der Waals surface area contributed by atoms with E-state index >= 15 is 0 Å². The van der Waals surface area contributed by atoms with Crippen molar-refractivity contribution in [3.05, 3.63) is 51.9 Å². The monoisotopic (exact) mass is 392 g/mol. The SMILES string of the molecule is CCOC(=O)C1=CC(O)(N=Nc2ccc(OC)cc2[N+](=O)[O-])N(CC)C(O)=C1. The highest BCUT2D eigenvalue weighted by atomic mass is 16.6. The largest absolute Gasteiger partial charge is 0.496 e. The van der Waals surface area contributed by atoms with Crippen molar-refractivity contribution in [2.45, 2.75) is 19.7 Å². The second kappa shape index (κ2) is 8.48. The smallest absolute Gasteiger partial charge is 0.338 e. The standard InChI is InChI=1S/C17H20N4O7/c1-4-20-15(22)8-11(16(23)28-5-2)10-17(20,24)19-18-13-7-6-12(27-3)9-14(13)21(25)26/h6-10,22,24H,4-5H2,1-3H3. The Balaban J connectivity index is 2.47. The van der Waals surface area contributed by atoms with Crippen LogP contribution in [0, 0.1) is 10.1 Å². The molecule has 1 aromatic carbocycles. The number of benzene rings is 1. The van der Waals surface area contributed by atoms with E-state index in [1.807, 2.05) is 0 Å². The third-order valence-corrected chi connectivity index (χ3v) is 3.82. The first-order valence-corrected chi connectivity index (χ1v) is 8.31. The number of carbonyl (C=O) groups excluding carboxylic acids is 1. The molecule has 2 N–H and O–H groups in total. The highest BCUT2D eigenvalue weighted by Gasteiger charge is 2.38. The number of ether oxygens (including phenoxy) is 2. The van der Waals surface area contributed by atoms with Crippen molar-refractivity contribution in [1.82, 2.24) is 4.90 Å². The maximum atomic E-state index is 12.0. The average Bonchev–Trinajstić information content (AvgIpc) is 2.66. The number of esters is 1. The van der Waals surface area contributed by atoms with Gasteiger partial charge in [-0.05, 0) is 26.0 Å². The molecular weight excluding hydrogens is 372 g/mol.